The van der Waals surface area contributed by atoms with Crippen LogP contribution in [0.5, 0.6) is 0 Å². The van der Waals surface area contributed by atoms with Gasteiger partial charge in [0.2, 0.25) is 5.91 Å². The van der Waals surface area contributed by atoms with E-state index in [0.29, 0.717) is 31.5 Å². The number of nitrogens with one attached hydrogen (secondary N) is 2. The summed E-state index contributed by atoms with van der Waals surface area (Å²) in [5.41, 5.74) is 1.15. The highest BCUT2D eigenvalue weighted by Gasteiger charge is 2.33. The molecule has 1 aliphatic heterocycles. The molecule has 2 N–H and O–H groups in total. The van der Waals surface area contributed by atoms with E-state index in [1.54, 1.807) is 0 Å². The maximum Gasteiger partial charge on any atom is 0.219 e. The topological polar surface area (TPSA) is 53.6 Å². The number of carbonyl (C=O) groups is 1. The van der Waals surface area contributed by atoms with Crippen LogP contribution in [0.3, 0.4) is 0 Å². The first-order valence-corrected chi connectivity index (χ1v) is 13.5. The van der Waals surface area contributed by atoms with Crippen LogP contribution in [0, 0.1) is 11.8 Å². The fourth-order valence-corrected chi connectivity index (χ4v) is 5.91. The predicted molar refractivity (Wildman–Crippen MR) is 137 cm³/mol. The number of amides is 1. The summed E-state index contributed by atoms with van der Waals surface area (Å²) in [6.45, 7) is 6.21. The number of carbonyl (C=O) groups excluding carboxylic acids is 1. The summed E-state index contributed by atoms with van der Waals surface area (Å²) in [6.07, 6.45) is 11.2. The average molecular weight is 478 g/mol. The number of likely N-dealkylation sites (tertiary alicyclic amines) is 1. The van der Waals surface area contributed by atoms with Gasteiger partial charge in [-0.05, 0) is 56.5 Å². The third-order valence-electron chi connectivity index (χ3n) is 7.42. The Labute approximate surface area is 206 Å². The molecule has 3 rings (SSSR count). The largest absolute Gasteiger partial charge is 0.371 e. The minimum atomic E-state index is -0.00468. The van der Waals surface area contributed by atoms with E-state index in [0.717, 1.165) is 36.0 Å². The van der Waals surface area contributed by atoms with Crippen molar-refractivity contribution in [2.75, 3.05) is 39.8 Å². The number of halogens is 1. The van der Waals surface area contributed by atoms with Crippen molar-refractivity contribution in [2.24, 2.45) is 11.8 Å². The second-order valence-electron chi connectivity index (χ2n) is 9.90. The SMILES string of the molecule is CCC(=O)NCCO[C@@H](c1cccc(Cl)c1)[C@@H]1CCCN([C@H](CNC)CC2CCCCC2)C1. The molecule has 0 spiro atoms. The quantitative estimate of drug-likeness (QED) is 0.406. The zero-order valence-corrected chi connectivity index (χ0v) is 21.4. The maximum absolute atomic E-state index is 11.6. The summed E-state index contributed by atoms with van der Waals surface area (Å²) in [5, 5.41) is 7.15. The van der Waals surface area contributed by atoms with E-state index in [-0.39, 0.29) is 12.0 Å². The zero-order chi connectivity index (χ0) is 23.5. The van der Waals surface area contributed by atoms with Crippen LogP contribution in [0.15, 0.2) is 24.3 Å². The highest BCUT2D eigenvalue weighted by molar-refractivity contribution is 6.30. The summed E-state index contributed by atoms with van der Waals surface area (Å²) in [6, 6.07) is 8.70. The van der Waals surface area contributed by atoms with Gasteiger partial charge >= 0.3 is 0 Å². The van der Waals surface area contributed by atoms with E-state index in [1.165, 1.54) is 51.5 Å². The van der Waals surface area contributed by atoms with Gasteiger partial charge in [0.05, 0.1) is 12.7 Å². The van der Waals surface area contributed by atoms with Gasteiger partial charge in [0.1, 0.15) is 0 Å². The molecule has 1 aliphatic carbocycles. The number of ether oxygens (including phenoxy) is 1. The van der Waals surface area contributed by atoms with Gasteiger partial charge in [0.25, 0.3) is 0 Å². The van der Waals surface area contributed by atoms with Gasteiger partial charge in [-0.15, -0.1) is 0 Å². The number of hydrogen-bond donors (Lipinski definition) is 2. The lowest BCUT2D eigenvalue weighted by Crippen LogP contribution is -2.49. The molecule has 1 aromatic rings. The van der Waals surface area contributed by atoms with Crippen LogP contribution in [0.2, 0.25) is 5.02 Å². The van der Waals surface area contributed by atoms with Gasteiger partial charge in [0, 0.05) is 43.0 Å². The maximum atomic E-state index is 11.6. The van der Waals surface area contributed by atoms with Crippen molar-refractivity contribution in [3.63, 3.8) is 0 Å². The van der Waals surface area contributed by atoms with E-state index >= 15 is 0 Å². The summed E-state index contributed by atoms with van der Waals surface area (Å²) in [7, 11) is 2.08. The molecule has 0 unspecified atom stereocenters. The molecule has 186 valence electrons. The third-order valence-corrected chi connectivity index (χ3v) is 7.66. The van der Waals surface area contributed by atoms with Crippen molar-refractivity contribution in [3.05, 3.63) is 34.9 Å². The lowest BCUT2D eigenvalue weighted by atomic mass is 9.83. The van der Waals surface area contributed by atoms with E-state index in [1.807, 2.05) is 25.1 Å². The molecule has 0 aromatic heterocycles. The molecule has 1 aromatic carbocycles. The highest BCUT2D eigenvalue weighted by Crippen LogP contribution is 2.36. The monoisotopic (exact) mass is 477 g/mol. The number of nitrogens with zero attached hydrogens (tertiary/aromatic N) is 1. The zero-order valence-electron chi connectivity index (χ0n) is 20.7. The van der Waals surface area contributed by atoms with Crippen molar-refractivity contribution < 1.29 is 9.53 Å². The number of benzene rings is 1. The second-order valence-corrected chi connectivity index (χ2v) is 10.3. The van der Waals surface area contributed by atoms with Gasteiger partial charge in [-0.2, -0.15) is 0 Å². The smallest absolute Gasteiger partial charge is 0.219 e. The Morgan fingerprint density at radius 1 is 1.21 bits per heavy atom. The van der Waals surface area contributed by atoms with Crippen molar-refractivity contribution in [3.8, 4) is 0 Å². The summed E-state index contributed by atoms with van der Waals surface area (Å²) >= 11 is 6.35. The molecule has 2 fully saturated rings. The van der Waals surface area contributed by atoms with Crippen molar-refractivity contribution in [1.82, 2.24) is 15.5 Å². The van der Waals surface area contributed by atoms with Crippen molar-refractivity contribution in [1.29, 1.82) is 0 Å². The van der Waals surface area contributed by atoms with Crippen LogP contribution < -0.4 is 10.6 Å². The Balaban J connectivity index is 1.67. The molecule has 0 bridgehead atoms. The Kier molecular flexibility index (Phi) is 11.5. The molecule has 1 heterocycles. The van der Waals surface area contributed by atoms with Gasteiger partial charge in [-0.1, -0.05) is 62.8 Å². The molecule has 6 heteroatoms. The molecule has 1 saturated heterocycles. The molecular formula is C27H44ClN3O2. The molecule has 0 radical (unpaired) electrons. The third kappa shape index (κ3) is 8.54. The first-order chi connectivity index (χ1) is 16.1. The van der Waals surface area contributed by atoms with Gasteiger partial charge in [-0.3, -0.25) is 9.69 Å². The summed E-state index contributed by atoms with van der Waals surface area (Å²) < 4.78 is 6.44. The Morgan fingerprint density at radius 2 is 2.03 bits per heavy atom. The molecular weight excluding hydrogens is 434 g/mol. The molecule has 3 atom stereocenters. The first kappa shape index (κ1) is 26.5. The van der Waals surface area contributed by atoms with E-state index in [2.05, 4.69) is 28.6 Å². The van der Waals surface area contributed by atoms with Crippen LogP contribution in [0.1, 0.15) is 76.4 Å². The molecule has 1 saturated carbocycles. The Morgan fingerprint density at radius 3 is 2.76 bits per heavy atom. The minimum Gasteiger partial charge on any atom is -0.371 e. The second kappa shape index (κ2) is 14.3. The molecule has 1 amide bonds. The number of likely N-dealkylation sites (N-methyl/N-ethyl adjacent to an activating group) is 1. The van der Waals surface area contributed by atoms with Gasteiger partial charge < -0.3 is 15.4 Å². The van der Waals surface area contributed by atoms with Crippen LogP contribution in [-0.2, 0) is 9.53 Å². The number of piperidine rings is 1. The fraction of sp³-hybridized carbons (Fsp3) is 0.741. The Hall–Kier alpha value is -1.14. The summed E-state index contributed by atoms with van der Waals surface area (Å²) in [5.74, 6) is 1.36. The molecule has 2 aliphatic rings. The first-order valence-electron chi connectivity index (χ1n) is 13.1. The normalized spacial score (nSPS) is 22.1. The van der Waals surface area contributed by atoms with Crippen molar-refractivity contribution in [2.45, 2.75) is 76.9 Å². The fourth-order valence-electron chi connectivity index (χ4n) is 5.71. The Bertz CT molecular complexity index is 710. The van der Waals surface area contributed by atoms with Gasteiger partial charge in [0.15, 0.2) is 0 Å². The van der Waals surface area contributed by atoms with Crippen LogP contribution in [0.4, 0.5) is 0 Å². The summed E-state index contributed by atoms with van der Waals surface area (Å²) in [4.78, 5) is 14.3. The van der Waals surface area contributed by atoms with Crippen LogP contribution >= 0.6 is 11.6 Å². The minimum absolute atomic E-state index is 0.00468. The molecule has 5 nitrogen and oxygen atoms in total. The lowest BCUT2D eigenvalue weighted by molar-refractivity contribution is -0.121. The lowest BCUT2D eigenvalue weighted by Gasteiger charge is -2.42. The molecule has 33 heavy (non-hydrogen) atoms. The predicted octanol–water partition coefficient (Wildman–Crippen LogP) is 5.19. The average Bonchev–Trinajstić information content (AvgIpc) is 2.84. The van der Waals surface area contributed by atoms with Crippen LogP contribution in [0.25, 0.3) is 0 Å². The van der Waals surface area contributed by atoms with E-state index in [4.69, 9.17) is 16.3 Å². The number of rotatable bonds is 12. The van der Waals surface area contributed by atoms with Gasteiger partial charge in [-0.25, -0.2) is 0 Å². The highest BCUT2D eigenvalue weighted by atomic mass is 35.5. The van der Waals surface area contributed by atoms with Crippen molar-refractivity contribution >= 4 is 17.5 Å². The standard InChI is InChI=1S/C27H44ClN3O2/c1-3-26(32)30-14-16-33-27(22-11-7-13-24(28)18-22)23-12-8-15-31(20-23)25(19-29-2)17-21-9-5-4-6-10-21/h7,11,13,18,21,23,25,27,29H,3-6,8-10,12,14-17,19-20H2,1-2H3,(H,30,32)/t23-,25+,27+/m1/s1. The van der Waals surface area contributed by atoms with E-state index < -0.39 is 0 Å². The van der Waals surface area contributed by atoms with Crippen LogP contribution in [-0.4, -0.2) is 56.7 Å². The van der Waals surface area contributed by atoms with E-state index in [9.17, 15) is 4.79 Å². The number of hydrogen-bond acceptors (Lipinski definition) is 4.